The second-order valence-corrected chi connectivity index (χ2v) is 6.53. The molecule has 0 aliphatic carbocycles. The summed E-state index contributed by atoms with van der Waals surface area (Å²) in [7, 11) is 0. The van der Waals surface area contributed by atoms with E-state index in [4.69, 9.17) is 5.11 Å². The van der Waals surface area contributed by atoms with Crippen LogP contribution in [0.2, 0.25) is 0 Å². The number of hydrogen-bond acceptors (Lipinski definition) is 3. The third kappa shape index (κ3) is 3.78. The normalized spacial score (nSPS) is 15.5. The van der Waals surface area contributed by atoms with Crippen molar-refractivity contribution < 1.29 is 27.9 Å². The lowest BCUT2D eigenvalue weighted by Gasteiger charge is -2.30. The van der Waals surface area contributed by atoms with Gasteiger partial charge in [-0.2, -0.15) is 18.3 Å². The van der Waals surface area contributed by atoms with Crippen molar-refractivity contribution in [1.82, 2.24) is 14.7 Å². The molecule has 2 heterocycles. The van der Waals surface area contributed by atoms with Gasteiger partial charge in [-0.25, -0.2) is 9.48 Å². The second-order valence-electron chi connectivity index (χ2n) is 6.53. The van der Waals surface area contributed by atoms with Crippen molar-refractivity contribution in [3.05, 3.63) is 59.9 Å². The van der Waals surface area contributed by atoms with Crippen LogP contribution >= 0.6 is 0 Å². The molecular weight excluding hydrogens is 375 g/mol. The molecule has 3 rings (SSSR count). The van der Waals surface area contributed by atoms with Gasteiger partial charge in [-0.3, -0.25) is 4.79 Å². The summed E-state index contributed by atoms with van der Waals surface area (Å²) < 4.78 is 40.4. The minimum atomic E-state index is -4.89. The number of carboxylic acid groups (broad SMARTS) is 1. The molecule has 1 aliphatic heterocycles. The van der Waals surface area contributed by atoms with Crippen LogP contribution < -0.4 is 0 Å². The minimum Gasteiger partial charge on any atom is -0.478 e. The lowest BCUT2D eigenvalue weighted by molar-refractivity contribution is -0.143. The number of hydrogen-bond donors (Lipinski definition) is 1. The summed E-state index contributed by atoms with van der Waals surface area (Å²) in [4.78, 5) is 25.3. The fourth-order valence-corrected chi connectivity index (χ4v) is 3.24. The fourth-order valence-electron chi connectivity index (χ4n) is 3.24. The number of nitrogens with zero attached hydrogens (tertiary/aromatic N) is 3. The number of carboxylic acids is 1. The Kier molecular flexibility index (Phi) is 5.26. The second kappa shape index (κ2) is 7.49. The molecule has 0 atom stereocenters. The first-order valence-corrected chi connectivity index (χ1v) is 8.63. The maximum absolute atomic E-state index is 13.3. The molecule has 1 aromatic heterocycles. The summed E-state index contributed by atoms with van der Waals surface area (Å²) in [5.41, 5.74) is -1.94. The third-order valence-corrected chi connectivity index (χ3v) is 4.79. The molecule has 1 N–H and O–H groups in total. The van der Waals surface area contributed by atoms with Crippen LogP contribution in [0.5, 0.6) is 0 Å². The average molecular weight is 393 g/mol. The van der Waals surface area contributed by atoms with Gasteiger partial charge in [0, 0.05) is 18.7 Å². The van der Waals surface area contributed by atoms with Crippen LogP contribution in [0.4, 0.5) is 13.2 Å². The van der Waals surface area contributed by atoms with Gasteiger partial charge < -0.3 is 10.0 Å². The molecule has 1 aliphatic rings. The zero-order chi connectivity index (χ0) is 20.5. The molecule has 148 valence electrons. The maximum Gasteiger partial charge on any atom is 0.434 e. The van der Waals surface area contributed by atoms with Crippen molar-refractivity contribution in [2.45, 2.75) is 19.0 Å². The van der Waals surface area contributed by atoms with Gasteiger partial charge in [0.1, 0.15) is 5.56 Å². The summed E-state index contributed by atoms with van der Waals surface area (Å²) in [6, 6.07) is 5.47. The zero-order valence-electron chi connectivity index (χ0n) is 14.8. The number of aromatic nitrogens is 2. The Morgan fingerprint density at radius 1 is 1.18 bits per heavy atom. The Morgan fingerprint density at radius 2 is 1.79 bits per heavy atom. The first-order chi connectivity index (χ1) is 13.2. The maximum atomic E-state index is 13.3. The number of carbonyl (C=O) groups excluding carboxylic acids is 1. The van der Waals surface area contributed by atoms with Gasteiger partial charge in [-0.1, -0.05) is 6.08 Å². The van der Waals surface area contributed by atoms with E-state index < -0.39 is 23.4 Å². The summed E-state index contributed by atoms with van der Waals surface area (Å²) in [5.74, 6) is -1.53. The van der Waals surface area contributed by atoms with E-state index in [2.05, 4.69) is 11.7 Å². The smallest absolute Gasteiger partial charge is 0.434 e. The molecule has 1 amide bonds. The molecule has 9 heteroatoms. The molecule has 1 saturated heterocycles. The number of amides is 1. The van der Waals surface area contributed by atoms with E-state index in [9.17, 15) is 22.8 Å². The van der Waals surface area contributed by atoms with Crippen molar-refractivity contribution in [3.63, 3.8) is 0 Å². The number of carbonyl (C=O) groups is 2. The van der Waals surface area contributed by atoms with E-state index in [1.165, 1.54) is 24.3 Å². The Hall–Kier alpha value is -3.10. The molecule has 28 heavy (non-hydrogen) atoms. The van der Waals surface area contributed by atoms with Crippen LogP contribution in [-0.4, -0.2) is 44.8 Å². The van der Waals surface area contributed by atoms with Crippen LogP contribution in [0.15, 0.2) is 43.1 Å². The summed E-state index contributed by atoms with van der Waals surface area (Å²) in [6.07, 6.45) is -0.701. The quantitative estimate of drug-likeness (QED) is 0.805. The number of allylic oxidation sites excluding steroid dienone is 1. The van der Waals surface area contributed by atoms with E-state index >= 15 is 0 Å². The Balaban J connectivity index is 1.85. The molecule has 0 radical (unpaired) electrons. The zero-order valence-corrected chi connectivity index (χ0v) is 14.8. The van der Waals surface area contributed by atoms with Crippen LogP contribution in [0.3, 0.4) is 0 Å². The Labute approximate surface area is 158 Å². The van der Waals surface area contributed by atoms with Crippen molar-refractivity contribution in [3.8, 4) is 5.69 Å². The Morgan fingerprint density at radius 3 is 2.29 bits per heavy atom. The van der Waals surface area contributed by atoms with Gasteiger partial charge in [-0.15, -0.1) is 6.58 Å². The van der Waals surface area contributed by atoms with Crippen LogP contribution in [0, 0.1) is 5.92 Å². The number of piperidine rings is 1. The summed E-state index contributed by atoms with van der Waals surface area (Å²) in [6.45, 7) is 4.95. The number of aromatic carboxylic acids is 1. The van der Waals surface area contributed by atoms with E-state index in [1.54, 1.807) is 4.90 Å². The SMILES string of the molecule is C=CC1CCN(C(=O)c2ccc(-n3ncc(C(=O)O)c3C(F)(F)F)cc2)CC1. The van der Waals surface area contributed by atoms with Crippen LogP contribution in [-0.2, 0) is 6.18 Å². The number of rotatable bonds is 4. The van der Waals surface area contributed by atoms with Crippen molar-refractivity contribution in [2.24, 2.45) is 5.92 Å². The lowest BCUT2D eigenvalue weighted by Crippen LogP contribution is -2.38. The molecule has 6 nitrogen and oxygen atoms in total. The lowest BCUT2D eigenvalue weighted by atomic mass is 9.96. The average Bonchev–Trinajstić information content (AvgIpc) is 3.14. The van der Waals surface area contributed by atoms with Gasteiger partial charge in [0.25, 0.3) is 5.91 Å². The highest BCUT2D eigenvalue weighted by atomic mass is 19.4. The summed E-state index contributed by atoms with van der Waals surface area (Å²) in [5, 5.41) is 12.5. The van der Waals surface area contributed by atoms with E-state index in [1.807, 2.05) is 6.08 Å². The van der Waals surface area contributed by atoms with Gasteiger partial charge in [0.05, 0.1) is 11.9 Å². The van der Waals surface area contributed by atoms with Gasteiger partial charge in [-0.05, 0) is 43.0 Å². The van der Waals surface area contributed by atoms with E-state index in [-0.39, 0.29) is 11.6 Å². The summed E-state index contributed by atoms with van der Waals surface area (Å²) >= 11 is 0. The molecule has 2 aromatic rings. The van der Waals surface area contributed by atoms with Gasteiger partial charge >= 0.3 is 12.1 Å². The van der Waals surface area contributed by atoms with Crippen molar-refractivity contribution >= 4 is 11.9 Å². The minimum absolute atomic E-state index is 0.0155. The highest BCUT2D eigenvalue weighted by Crippen LogP contribution is 2.33. The third-order valence-electron chi connectivity index (χ3n) is 4.79. The van der Waals surface area contributed by atoms with Crippen LogP contribution in [0.1, 0.15) is 39.3 Å². The molecule has 0 bridgehead atoms. The first kappa shape index (κ1) is 19.7. The van der Waals surface area contributed by atoms with Crippen molar-refractivity contribution in [2.75, 3.05) is 13.1 Å². The number of halogens is 3. The number of likely N-dealkylation sites (tertiary alicyclic amines) is 1. The highest BCUT2D eigenvalue weighted by molar-refractivity contribution is 5.94. The molecule has 0 saturated carbocycles. The predicted molar refractivity (Wildman–Crippen MR) is 94.3 cm³/mol. The monoisotopic (exact) mass is 393 g/mol. The largest absolute Gasteiger partial charge is 0.478 e. The molecule has 1 fully saturated rings. The van der Waals surface area contributed by atoms with Crippen molar-refractivity contribution in [1.29, 1.82) is 0 Å². The first-order valence-electron chi connectivity index (χ1n) is 8.63. The molecule has 0 unspecified atom stereocenters. The molecule has 1 aromatic carbocycles. The van der Waals surface area contributed by atoms with E-state index in [0.29, 0.717) is 35.4 Å². The molecular formula is C19H18F3N3O3. The van der Waals surface area contributed by atoms with E-state index in [0.717, 1.165) is 12.8 Å². The van der Waals surface area contributed by atoms with Crippen LogP contribution in [0.25, 0.3) is 5.69 Å². The standard InChI is InChI=1S/C19H18F3N3O3/c1-2-12-7-9-24(10-8-12)17(26)13-3-5-14(6-4-13)25-16(19(20,21)22)15(11-23-25)18(27)28/h2-6,11-12H,1,7-10H2,(H,27,28). The number of benzene rings is 1. The Bertz CT molecular complexity index is 895. The van der Waals surface area contributed by atoms with Gasteiger partial charge in [0.2, 0.25) is 0 Å². The highest BCUT2D eigenvalue weighted by Gasteiger charge is 2.40. The molecule has 0 spiro atoms. The number of alkyl halides is 3. The predicted octanol–water partition coefficient (Wildman–Crippen LogP) is 3.63. The van der Waals surface area contributed by atoms with Gasteiger partial charge in [0.15, 0.2) is 5.69 Å². The topological polar surface area (TPSA) is 75.4 Å². The fraction of sp³-hybridized carbons (Fsp3) is 0.316.